The fraction of sp³-hybridized carbons (Fsp3) is 0.500. The Morgan fingerprint density at radius 3 is 2.82 bits per heavy atom. The van der Waals surface area contributed by atoms with E-state index in [-0.39, 0.29) is 23.1 Å². The number of carbonyl (C=O) groups is 2. The van der Waals surface area contributed by atoms with Crippen LogP contribution in [0.3, 0.4) is 0 Å². The molecule has 1 atom stereocenters. The van der Waals surface area contributed by atoms with Crippen molar-refractivity contribution in [2.24, 2.45) is 0 Å². The predicted octanol–water partition coefficient (Wildman–Crippen LogP) is -0.327. The Morgan fingerprint density at radius 1 is 1.53 bits per heavy atom. The Morgan fingerprint density at radius 2 is 2.29 bits per heavy atom. The van der Waals surface area contributed by atoms with Crippen molar-refractivity contribution in [3.05, 3.63) is 20.7 Å². The van der Waals surface area contributed by atoms with Gasteiger partial charge in [0.25, 0.3) is 0 Å². The van der Waals surface area contributed by atoms with Crippen LogP contribution in [0.15, 0.2) is 10.2 Å². The largest absolute Gasteiger partial charge is 0.315 e. The molecule has 1 aromatic heterocycles. The molecule has 1 fully saturated rings. The third kappa shape index (κ3) is 2.45. The standard InChI is InChI=1S/C10H13N3O3S/c1-2-13-8(14)3-7(9(13)15)11-4-6-5-17-10(16)12-6/h5,7,11H,2-4H2,1H3,(H,12,16). The smallest absolute Gasteiger partial charge is 0.304 e. The highest BCUT2D eigenvalue weighted by Crippen LogP contribution is 2.12. The molecule has 92 valence electrons. The van der Waals surface area contributed by atoms with Crippen molar-refractivity contribution >= 4 is 23.2 Å². The molecule has 1 unspecified atom stereocenters. The minimum atomic E-state index is -0.467. The van der Waals surface area contributed by atoms with Gasteiger partial charge in [0.05, 0.1) is 12.5 Å². The van der Waals surface area contributed by atoms with Gasteiger partial charge in [0, 0.05) is 24.2 Å². The quantitative estimate of drug-likeness (QED) is 0.722. The number of H-pyrrole nitrogens is 1. The van der Waals surface area contributed by atoms with Crippen LogP contribution in [-0.2, 0) is 16.1 Å². The molecule has 2 heterocycles. The number of nitrogens with zero attached hydrogens (tertiary/aromatic N) is 1. The number of nitrogens with one attached hydrogen (secondary N) is 2. The van der Waals surface area contributed by atoms with Crippen LogP contribution in [0.1, 0.15) is 19.0 Å². The Bertz CT molecular complexity index is 493. The summed E-state index contributed by atoms with van der Waals surface area (Å²) >= 11 is 1.08. The zero-order chi connectivity index (χ0) is 12.4. The van der Waals surface area contributed by atoms with Crippen LogP contribution in [0.4, 0.5) is 0 Å². The van der Waals surface area contributed by atoms with E-state index in [1.54, 1.807) is 12.3 Å². The first-order valence-corrected chi connectivity index (χ1v) is 6.24. The summed E-state index contributed by atoms with van der Waals surface area (Å²) in [6.45, 7) is 2.57. The monoisotopic (exact) mass is 255 g/mol. The van der Waals surface area contributed by atoms with Crippen LogP contribution < -0.4 is 10.2 Å². The maximum Gasteiger partial charge on any atom is 0.304 e. The Hall–Kier alpha value is -1.47. The zero-order valence-corrected chi connectivity index (χ0v) is 10.2. The summed E-state index contributed by atoms with van der Waals surface area (Å²) in [7, 11) is 0. The van der Waals surface area contributed by atoms with Gasteiger partial charge in [-0.2, -0.15) is 0 Å². The molecule has 0 radical (unpaired) electrons. The molecule has 0 spiro atoms. The van der Waals surface area contributed by atoms with Crippen molar-refractivity contribution < 1.29 is 9.59 Å². The number of thiazole rings is 1. The third-order valence-electron chi connectivity index (χ3n) is 2.67. The molecule has 17 heavy (non-hydrogen) atoms. The van der Waals surface area contributed by atoms with Gasteiger partial charge in [-0.15, -0.1) is 0 Å². The highest BCUT2D eigenvalue weighted by Gasteiger charge is 2.36. The van der Waals surface area contributed by atoms with Crippen LogP contribution in [-0.4, -0.2) is 34.3 Å². The molecule has 1 aliphatic heterocycles. The first-order chi connectivity index (χ1) is 8.11. The topological polar surface area (TPSA) is 82.3 Å². The summed E-state index contributed by atoms with van der Waals surface area (Å²) in [6.07, 6.45) is 0.195. The first kappa shape index (κ1) is 12.0. The lowest BCUT2D eigenvalue weighted by atomic mass is 10.2. The number of aromatic amines is 1. The van der Waals surface area contributed by atoms with E-state index in [1.165, 1.54) is 4.90 Å². The SMILES string of the molecule is CCN1C(=O)CC(NCc2csc(=O)[nH]2)C1=O. The fourth-order valence-electron chi connectivity index (χ4n) is 1.81. The summed E-state index contributed by atoms with van der Waals surface area (Å²) in [5, 5.41) is 4.68. The molecule has 0 aromatic carbocycles. The van der Waals surface area contributed by atoms with Crippen molar-refractivity contribution in [3.8, 4) is 0 Å². The van der Waals surface area contributed by atoms with Crippen LogP contribution in [0.5, 0.6) is 0 Å². The lowest BCUT2D eigenvalue weighted by Crippen LogP contribution is -2.38. The maximum absolute atomic E-state index is 11.7. The highest BCUT2D eigenvalue weighted by atomic mass is 32.1. The molecule has 0 bridgehead atoms. The first-order valence-electron chi connectivity index (χ1n) is 5.36. The molecular weight excluding hydrogens is 242 g/mol. The van der Waals surface area contributed by atoms with Gasteiger partial charge in [-0.1, -0.05) is 11.3 Å². The summed E-state index contributed by atoms with van der Waals surface area (Å²) in [6, 6.07) is -0.467. The molecule has 2 amide bonds. The molecule has 0 aliphatic carbocycles. The van der Waals surface area contributed by atoms with E-state index >= 15 is 0 Å². The number of imide groups is 1. The number of rotatable bonds is 4. The Balaban J connectivity index is 1.95. The normalized spacial score (nSPS) is 20.3. The van der Waals surface area contributed by atoms with Gasteiger partial charge >= 0.3 is 4.87 Å². The average molecular weight is 255 g/mol. The Labute approximate surface area is 102 Å². The molecular formula is C10H13N3O3S. The molecule has 0 saturated carbocycles. The van der Waals surface area contributed by atoms with Crippen LogP contribution in [0.25, 0.3) is 0 Å². The number of likely N-dealkylation sites (N-methyl/N-ethyl adjacent to an activating group) is 1. The summed E-state index contributed by atoms with van der Waals surface area (Å²) < 4.78 is 0. The second kappa shape index (κ2) is 4.80. The van der Waals surface area contributed by atoms with Crippen molar-refractivity contribution in [1.82, 2.24) is 15.2 Å². The van der Waals surface area contributed by atoms with Crippen molar-refractivity contribution in [2.75, 3.05) is 6.54 Å². The molecule has 2 N–H and O–H groups in total. The van der Waals surface area contributed by atoms with Crippen LogP contribution in [0.2, 0.25) is 0 Å². The summed E-state index contributed by atoms with van der Waals surface area (Å²) in [4.78, 5) is 37.9. The lowest BCUT2D eigenvalue weighted by molar-refractivity contribution is -0.138. The van der Waals surface area contributed by atoms with Gasteiger partial charge in [0.1, 0.15) is 0 Å². The van der Waals surface area contributed by atoms with Crippen molar-refractivity contribution in [3.63, 3.8) is 0 Å². The Kier molecular flexibility index (Phi) is 3.39. The molecule has 1 saturated heterocycles. The van der Waals surface area contributed by atoms with E-state index in [4.69, 9.17) is 0 Å². The average Bonchev–Trinajstić information content (AvgIpc) is 2.81. The van der Waals surface area contributed by atoms with Gasteiger partial charge in [-0.25, -0.2) is 0 Å². The summed E-state index contributed by atoms with van der Waals surface area (Å²) in [5.74, 6) is -0.330. The van der Waals surface area contributed by atoms with E-state index in [2.05, 4.69) is 10.3 Å². The second-order valence-electron chi connectivity index (χ2n) is 3.79. The molecule has 1 aromatic rings. The van der Waals surface area contributed by atoms with Gasteiger partial charge in [0.15, 0.2) is 0 Å². The van der Waals surface area contributed by atoms with Gasteiger partial charge in [0.2, 0.25) is 11.8 Å². The van der Waals surface area contributed by atoms with Gasteiger partial charge < -0.3 is 4.98 Å². The van der Waals surface area contributed by atoms with Crippen LogP contribution >= 0.6 is 11.3 Å². The van der Waals surface area contributed by atoms with Gasteiger partial charge in [-0.3, -0.25) is 24.6 Å². The maximum atomic E-state index is 11.7. The number of likely N-dealkylation sites (tertiary alicyclic amines) is 1. The van der Waals surface area contributed by atoms with E-state index in [9.17, 15) is 14.4 Å². The van der Waals surface area contributed by atoms with E-state index < -0.39 is 6.04 Å². The third-order valence-corrected chi connectivity index (χ3v) is 3.39. The van der Waals surface area contributed by atoms with Crippen molar-refractivity contribution in [1.29, 1.82) is 0 Å². The van der Waals surface area contributed by atoms with Gasteiger partial charge in [-0.05, 0) is 6.92 Å². The number of aromatic nitrogens is 1. The lowest BCUT2D eigenvalue weighted by Gasteiger charge is -2.12. The number of carbonyl (C=O) groups excluding carboxylic acids is 2. The second-order valence-corrected chi connectivity index (χ2v) is 4.63. The molecule has 6 nitrogen and oxygen atoms in total. The fourth-order valence-corrected chi connectivity index (χ4v) is 2.39. The predicted molar refractivity (Wildman–Crippen MR) is 62.6 cm³/mol. The van der Waals surface area contributed by atoms with Crippen LogP contribution in [0, 0.1) is 0 Å². The van der Waals surface area contributed by atoms with E-state index in [0.29, 0.717) is 13.1 Å². The minimum Gasteiger partial charge on any atom is -0.315 e. The summed E-state index contributed by atoms with van der Waals surface area (Å²) in [5.41, 5.74) is 0.732. The minimum absolute atomic E-state index is 0.120. The zero-order valence-electron chi connectivity index (χ0n) is 9.36. The molecule has 7 heteroatoms. The van der Waals surface area contributed by atoms with Crippen molar-refractivity contribution in [2.45, 2.75) is 25.9 Å². The highest BCUT2D eigenvalue weighted by molar-refractivity contribution is 7.07. The van der Waals surface area contributed by atoms with E-state index in [0.717, 1.165) is 17.0 Å². The van der Waals surface area contributed by atoms with E-state index in [1.807, 2.05) is 0 Å². The number of hydrogen-bond donors (Lipinski definition) is 2. The number of hydrogen-bond acceptors (Lipinski definition) is 5. The molecule has 2 rings (SSSR count). The number of amides is 2. The molecule has 1 aliphatic rings.